The van der Waals surface area contributed by atoms with Crippen LogP contribution in [0.15, 0.2) is 22.5 Å². The van der Waals surface area contributed by atoms with Gasteiger partial charge in [-0.25, -0.2) is 0 Å². The minimum atomic E-state index is 0.357. The Bertz CT molecular complexity index is 461. The molecule has 1 unspecified atom stereocenters. The lowest BCUT2D eigenvalue weighted by atomic mass is 10.2. The van der Waals surface area contributed by atoms with Crippen LogP contribution >= 0.6 is 11.3 Å². The van der Waals surface area contributed by atoms with Gasteiger partial charge in [0.25, 0.3) is 0 Å². The Morgan fingerprint density at radius 2 is 2.25 bits per heavy atom. The Hall–Kier alpha value is -1.15. The first-order chi connectivity index (χ1) is 11.8. The summed E-state index contributed by atoms with van der Waals surface area (Å²) < 4.78 is 10.9. The molecule has 1 aliphatic heterocycles. The van der Waals surface area contributed by atoms with Crippen LogP contribution in [0.25, 0.3) is 0 Å². The number of hydrogen-bond acceptors (Lipinski definition) is 5. The van der Waals surface area contributed by atoms with Crippen LogP contribution in [-0.2, 0) is 9.47 Å². The molecule has 0 spiro atoms. The second-order valence-electron chi connectivity index (χ2n) is 5.61. The number of guanidine groups is 1. The molecule has 1 aromatic rings. The molecule has 6 nitrogen and oxygen atoms in total. The van der Waals surface area contributed by atoms with E-state index < -0.39 is 0 Å². The molecule has 0 aliphatic carbocycles. The fourth-order valence-corrected chi connectivity index (χ4v) is 3.58. The Balaban J connectivity index is 1.82. The van der Waals surface area contributed by atoms with Crippen molar-refractivity contribution < 1.29 is 9.47 Å². The summed E-state index contributed by atoms with van der Waals surface area (Å²) in [6.45, 7) is 8.85. The lowest BCUT2D eigenvalue weighted by Gasteiger charge is -2.34. The highest BCUT2D eigenvalue weighted by Gasteiger charge is 2.23. The lowest BCUT2D eigenvalue weighted by Crippen LogP contribution is -2.46. The van der Waals surface area contributed by atoms with Crippen LogP contribution in [0.5, 0.6) is 0 Å². The van der Waals surface area contributed by atoms with Gasteiger partial charge < -0.3 is 20.1 Å². The molecular weight excluding hydrogens is 324 g/mol. The van der Waals surface area contributed by atoms with Gasteiger partial charge in [0.1, 0.15) is 0 Å². The van der Waals surface area contributed by atoms with Gasteiger partial charge in [-0.1, -0.05) is 6.07 Å². The van der Waals surface area contributed by atoms with E-state index in [0.717, 1.165) is 65.0 Å². The molecule has 1 aromatic heterocycles. The van der Waals surface area contributed by atoms with Crippen LogP contribution < -0.4 is 10.6 Å². The van der Waals surface area contributed by atoms with Crippen LogP contribution in [0.1, 0.15) is 24.3 Å². The van der Waals surface area contributed by atoms with Crippen molar-refractivity contribution in [1.82, 2.24) is 15.5 Å². The van der Waals surface area contributed by atoms with Crippen molar-refractivity contribution in [2.24, 2.45) is 4.99 Å². The largest absolute Gasteiger partial charge is 0.382 e. The second kappa shape index (κ2) is 11.4. The van der Waals surface area contributed by atoms with Gasteiger partial charge >= 0.3 is 0 Å². The van der Waals surface area contributed by atoms with E-state index in [9.17, 15) is 0 Å². The van der Waals surface area contributed by atoms with Crippen molar-refractivity contribution in [3.8, 4) is 0 Å². The summed E-state index contributed by atoms with van der Waals surface area (Å²) in [4.78, 5) is 8.19. The monoisotopic (exact) mass is 354 g/mol. The minimum absolute atomic E-state index is 0.357. The molecule has 2 N–H and O–H groups in total. The van der Waals surface area contributed by atoms with Crippen LogP contribution in [0.2, 0.25) is 0 Å². The average Bonchev–Trinajstić information content (AvgIpc) is 3.15. The predicted molar refractivity (Wildman–Crippen MR) is 99.9 cm³/mol. The molecule has 7 heteroatoms. The minimum Gasteiger partial charge on any atom is -0.382 e. The van der Waals surface area contributed by atoms with E-state index in [1.54, 1.807) is 0 Å². The summed E-state index contributed by atoms with van der Waals surface area (Å²) in [6.07, 6.45) is 0.979. The first-order valence-electron chi connectivity index (χ1n) is 8.72. The third-order valence-electron chi connectivity index (χ3n) is 4.01. The second-order valence-corrected chi connectivity index (χ2v) is 6.59. The SMILES string of the molecule is CCOCCCNC(=NC)NCC(c1cccs1)N1CCOCC1. The molecule has 1 aliphatic rings. The standard InChI is InChI=1S/C17H30N4O2S/c1-3-22-10-5-7-19-17(18-2)20-14-15(16-6-4-13-24-16)21-8-11-23-12-9-21/h4,6,13,15H,3,5,7-12,14H2,1-2H3,(H2,18,19,20). The molecule has 136 valence electrons. The lowest BCUT2D eigenvalue weighted by molar-refractivity contribution is 0.0177. The highest BCUT2D eigenvalue weighted by Crippen LogP contribution is 2.25. The fourth-order valence-electron chi connectivity index (χ4n) is 2.72. The van der Waals surface area contributed by atoms with Crippen LogP contribution in [-0.4, -0.2) is 70.5 Å². The van der Waals surface area contributed by atoms with Crippen molar-refractivity contribution in [2.75, 3.05) is 59.7 Å². The van der Waals surface area contributed by atoms with E-state index in [0.29, 0.717) is 6.04 Å². The summed E-state index contributed by atoms with van der Waals surface area (Å²) in [5, 5.41) is 8.96. The van der Waals surface area contributed by atoms with E-state index in [4.69, 9.17) is 9.47 Å². The van der Waals surface area contributed by atoms with Gasteiger partial charge in [-0.15, -0.1) is 11.3 Å². The molecule has 24 heavy (non-hydrogen) atoms. The van der Waals surface area contributed by atoms with Crippen molar-refractivity contribution in [1.29, 1.82) is 0 Å². The Kier molecular flexibility index (Phi) is 9.12. The summed E-state index contributed by atoms with van der Waals surface area (Å²) in [5.41, 5.74) is 0. The number of thiophene rings is 1. The van der Waals surface area contributed by atoms with E-state index in [2.05, 4.69) is 38.0 Å². The van der Waals surface area contributed by atoms with E-state index in [-0.39, 0.29) is 0 Å². The maximum atomic E-state index is 5.49. The zero-order valence-electron chi connectivity index (χ0n) is 14.8. The quantitative estimate of drug-likeness (QED) is 0.402. The molecule has 0 radical (unpaired) electrons. The highest BCUT2D eigenvalue weighted by atomic mass is 32.1. The van der Waals surface area contributed by atoms with Crippen LogP contribution in [0.4, 0.5) is 0 Å². The van der Waals surface area contributed by atoms with Crippen LogP contribution in [0, 0.1) is 0 Å². The van der Waals surface area contributed by atoms with E-state index >= 15 is 0 Å². The number of aliphatic imine (C=N–C) groups is 1. The molecule has 0 amide bonds. The van der Waals surface area contributed by atoms with Crippen molar-refractivity contribution >= 4 is 17.3 Å². The number of rotatable bonds is 9. The summed E-state index contributed by atoms with van der Waals surface area (Å²) in [7, 11) is 1.81. The van der Waals surface area contributed by atoms with Crippen molar-refractivity contribution in [3.05, 3.63) is 22.4 Å². The van der Waals surface area contributed by atoms with Gasteiger partial charge in [0.2, 0.25) is 0 Å². The molecule has 0 aromatic carbocycles. The number of nitrogens with one attached hydrogen (secondary N) is 2. The highest BCUT2D eigenvalue weighted by molar-refractivity contribution is 7.10. The number of hydrogen-bond donors (Lipinski definition) is 2. The number of ether oxygens (including phenoxy) is 2. The van der Waals surface area contributed by atoms with Gasteiger partial charge in [-0.2, -0.15) is 0 Å². The molecule has 1 atom stereocenters. The Morgan fingerprint density at radius 3 is 2.92 bits per heavy atom. The molecule has 1 saturated heterocycles. The molecular formula is C17H30N4O2S. The third kappa shape index (κ3) is 6.39. The van der Waals surface area contributed by atoms with Gasteiger partial charge in [-0.05, 0) is 24.8 Å². The Labute approximate surface area is 149 Å². The molecule has 2 heterocycles. The van der Waals surface area contributed by atoms with Crippen LogP contribution in [0.3, 0.4) is 0 Å². The Morgan fingerprint density at radius 1 is 1.42 bits per heavy atom. The molecule has 0 saturated carbocycles. The first kappa shape index (κ1) is 19.2. The van der Waals surface area contributed by atoms with E-state index in [1.165, 1.54) is 4.88 Å². The third-order valence-corrected chi connectivity index (χ3v) is 4.98. The molecule has 2 rings (SSSR count). The smallest absolute Gasteiger partial charge is 0.191 e. The predicted octanol–water partition coefficient (Wildman–Crippen LogP) is 1.71. The zero-order valence-corrected chi connectivity index (χ0v) is 15.6. The molecule has 0 bridgehead atoms. The van der Waals surface area contributed by atoms with Gasteiger partial charge in [0.05, 0.1) is 19.3 Å². The maximum Gasteiger partial charge on any atom is 0.191 e. The van der Waals surface area contributed by atoms with Gasteiger partial charge in [-0.3, -0.25) is 9.89 Å². The fraction of sp³-hybridized carbons (Fsp3) is 0.706. The van der Waals surface area contributed by atoms with E-state index in [1.807, 2.05) is 25.3 Å². The zero-order chi connectivity index (χ0) is 17.0. The first-order valence-corrected chi connectivity index (χ1v) is 9.60. The summed E-state index contributed by atoms with van der Waals surface area (Å²) in [5.74, 6) is 0.848. The average molecular weight is 355 g/mol. The summed E-state index contributed by atoms with van der Waals surface area (Å²) in [6, 6.07) is 4.69. The normalized spacial score (nSPS) is 17.7. The van der Waals surface area contributed by atoms with Gasteiger partial charge in [0.15, 0.2) is 5.96 Å². The van der Waals surface area contributed by atoms with Gasteiger partial charge in [0, 0.05) is 51.3 Å². The van der Waals surface area contributed by atoms with Crippen molar-refractivity contribution in [3.63, 3.8) is 0 Å². The van der Waals surface area contributed by atoms with Crippen molar-refractivity contribution in [2.45, 2.75) is 19.4 Å². The number of morpholine rings is 1. The molecule has 1 fully saturated rings. The maximum absolute atomic E-state index is 5.49. The number of nitrogens with zero attached hydrogens (tertiary/aromatic N) is 2. The summed E-state index contributed by atoms with van der Waals surface area (Å²) >= 11 is 1.81. The topological polar surface area (TPSA) is 58.1 Å².